The molecule has 3 rings (SSSR count). The second kappa shape index (κ2) is 6.37. The molecule has 116 valence electrons. The van der Waals surface area contributed by atoms with Crippen molar-refractivity contribution in [3.8, 4) is 0 Å². The molecule has 0 N–H and O–H groups in total. The van der Waals surface area contributed by atoms with Crippen molar-refractivity contribution < 1.29 is 4.79 Å². The van der Waals surface area contributed by atoms with Crippen molar-refractivity contribution in [1.29, 1.82) is 0 Å². The highest BCUT2D eigenvalue weighted by Crippen LogP contribution is 2.27. The summed E-state index contributed by atoms with van der Waals surface area (Å²) in [6.07, 6.45) is 8.10. The first kappa shape index (κ1) is 15.5. The molecule has 0 bridgehead atoms. The van der Waals surface area contributed by atoms with Gasteiger partial charge in [0.25, 0.3) is 0 Å². The van der Waals surface area contributed by atoms with Gasteiger partial charge in [-0.2, -0.15) is 0 Å². The van der Waals surface area contributed by atoms with Crippen molar-refractivity contribution in [3.05, 3.63) is 81.9 Å². The van der Waals surface area contributed by atoms with Crippen molar-refractivity contribution in [3.63, 3.8) is 0 Å². The van der Waals surface area contributed by atoms with Crippen LogP contribution in [0.5, 0.6) is 0 Å². The number of rotatable bonds is 3. The maximum absolute atomic E-state index is 12.1. The Morgan fingerprint density at radius 2 is 1.87 bits per heavy atom. The molecule has 0 radical (unpaired) electrons. The summed E-state index contributed by atoms with van der Waals surface area (Å²) in [5, 5.41) is 0. The molecule has 0 unspecified atom stereocenters. The van der Waals surface area contributed by atoms with E-state index in [1.54, 1.807) is 0 Å². The lowest BCUT2D eigenvalue weighted by Gasteiger charge is -2.08. The molecule has 2 aromatic rings. The third-order valence-electron chi connectivity index (χ3n) is 4.30. The van der Waals surface area contributed by atoms with Crippen LogP contribution in [-0.4, -0.2) is 5.78 Å². The second-order valence-electron chi connectivity index (χ2n) is 6.27. The van der Waals surface area contributed by atoms with Gasteiger partial charge in [0.2, 0.25) is 0 Å². The van der Waals surface area contributed by atoms with Crippen LogP contribution >= 0.6 is 0 Å². The monoisotopic (exact) mass is 302 g/mol. The van der Waals surface area contributed by atoms with Gasteiger partial charge in [-0.15, -0.1) is 0 Å². The van der Waals surface area contributed by atoms with Gasteiger partial charge in [0.1, 0.15) is 0 Å². The van der Waals surface area contributed by atoms with Crippen LogP contribution in [0.2, 0.25) is 0 Å². The van der Waals surface area contributed by atoms with Crippen LogP contribution in [0.25, 0.3) is 11.6 Å². The number of hydrogen-bond donors (Lipinski definition) is 0. The fraction of sp³-hybridized carbons (Fsp3) is 0.227. The summed E-state index contributed by atoms with van der Waals surface area (Å²) < 4.78 is 0. The van der Waals surface area contributed by atoms with Crippen LogP contribution in [-0.2, 0) is 6.42 Å². The molecule has 1 nitrogen and oxygen atoms in total. The summed E-state index contributed by atoms with van der Waals surface area (Å²) in [6.45, 7) is 6.08. The number of carbonyl (C=O) groups is 1. The van der Waals surface area contributed by atoms with Gasteiger partial charge in [-0.3, -0.25) is 4.79 Å². The maximum atomic E-state index is 12.1. The van der Waals surface area contributed by atoms with Gasteiger partial charge < -0.3 is 0 Å². The predicted octanol–water partition coefficient (Wildman–Crippen LogP) is 5.55. The molecule has 0 saturated heterocycles. The third kappa shape index (κ3) is 3.34. The van der Waals surface area contributed by atoms with Gasteiger partial charge >= 0.3 is 0 Å². The molecule has 0 aliphatic heterocycles. The minimum Gasteiger partial charge on any atom is -0.294 e. The molecule has 0 atom stereocenters. The molecule has 1 aliphatic carbocycles. The summed E-state index contributed by atoms with van der Waals surface area (Å²) in [6, 6.07) is 12.8. The van der Waals surface area contributed by atoms with E-state index in [1.165, 1.54) is 22.3 Å². The molecule has 0 saturated carbocycles. The van der Waals surface area contributed by atoms with Crippen LogP contribution in [0.3, 0.4) is 0 Å². The van der Waals surface area contributed by atoms with Gasteiger partial charge in [-0.1, -0.05) is 48.9 Å². The van der Waals surface area contributed by atoms with E-state index in [-0.39, 0.29) is 5.78 Å². The average molecular weight is 302 g/mol. The maximum Gasteiger partial charge on any atom is 0.162 e. The van der Waals surface area contributed by atoms with Crippen LogP contribution in [0.1, 0.15) is 51.5 Å². The quantitative estimate of drug-likeness (QED) is 0.679. The Labute approximate surface area is 138 Å². The first-order chi connectivity index (χ1) is 11.1. The normalized spacial score (nSPS) is 13.3. The predicted molar refractivity (Wildman–Crippen MR) is 97.7 cm³/mol. The zero-order valence-electron chi connectivity index (χ0n) is 14.0. The van der Waals surface area contributed by atoms with Gasteiger partial charge in [0.15, 0.2) is 5.78 Å². The van der Waals surface area contributed by atoms with Crippen molar-refractivity contribution >= 4 is 17.4 Å². The topological polar surface area (TPSA) is 17.1 Å². The summed E-state index contributed by atoms with van der Waals surface area (Å²) in [5.74, 6) is 0.199. The van der Waals surface area contributed by atoms with E-state index in [1.807, 2.05) is 19.1 Å². The van der Waals surface area contributed by atoms with E-state index in [0.717, 1.165) is 23.1 Å². The number of benzene rings is 2. The Morgan fingerprint density at radius 3 is 2.65 bits per heavy atom. The Bertz CT molecular complexity index is 822. The van der Waals surface area contributed by atoms with E-state index in [9.17, 15) is 4.79 Å². The van der Waals surface area contributed by atoms with Crippen molar-refractivity contribution in [2.75, 3.05) is 0 Å². The summed E-state index contributed by atoms with van der Waals surface area (Å²) >= 11 is 0. The number of fused-ring (bicyclic) bond motifs is 1. The Hall–Kier alpha value is -2.41. The fourth-order valence-corrected chi connectivity index (χ4v) is 3.06. The molecule has 0 fully saturated rings. The standard InChI is InChI=1S/C22H22O/c1-4-22(23)21-12-16(3)11-20(14-21)18-7-5-6-17-9-8-15(2)10-19(17)13-18/h5,7-14H,4,6H2,1-3H3. The highest BCUT2D eigenvalue weighted by atomic mass is 16.1. The van der Waals surface area contributed by atoms with Crippen LogP contribution < -0.4 is 0 Å². The van der Waals surface area contributed by atoms with E-state index in [2.05, 4.69) is 56.3 Å². The van der Waals surface area contributed by atoms with Gasteiger partial charge in [-0.05, 0) is 66.3 Å². The minimum atomic E-state index is 0.199. The largest absolute Gasteiger partial charge is 0.294 e. The summed E-state index contributed by atoms with van der Waals surface area (Å²) in [7, 11) is 0. The number of carbonyl (C=O) groups excluding carboxylic acids is 1. The SMILES string of the molecule is CCC(=O)c1cc(C)cc(C2=Cc3cc(C)ccc3CC=C2)c1. The number of aryl methyl sites for hydroxylation is 2. The zero-order chi connectivity index (χ0) is 16.4. The zero-order valence-corrected chi connectivity index (χ0v) is 14.0. The third-order valence-corrected chi connectivity index (χ3v) is 4.30. The highest BCUT2D eigenvalue weighted by Gasteiger charge is 2.10. The Morgan fingerprint density at radius 1 is 1.04 bits per heavy atom. The molecule has 1 aliphatic rings. The molecule has 1 heteroatoms. The lowest BCUT2D eigenvalue weighted by molar-refractivity contribution is 0.0988. The summed E-state index contributed by atoms with van der Waals surface area (Å²) in [5.41, 5.74) is 8.12. The highest BCUT2D eigenvalue weighted by molar-refractivity contribution is 5.98. The molecule has 23 heavy (non-hydrogen) atoms. The molecule has 2 aromatic carbocycles. The van der Waals surface area contributed by atoms with Crippen LogP contribution in [0.4, 0.5) is 0 Å². The van der Waals surface area contributed by atoms with Crippen molar-refractivity contribution in [1.82, 2.24) is 0 Å². The van der Waals surface area contributed by atoms with Crippen molar-refractivity contribution in [2.24, 2.45) is 0 Å². The lowest BCUT2D eigenvalue weighted by Crippen LogP contribution is -1.98. The second-order valence-corrected chi connectivity index (χ2v) is 6.27. The molecule has 0 aromatic heterocycles. The number of Topliss-reactive ketones (excluding diaryl/α,β-unsaturated/α-hetero) is 1. The summed E-state index contributed by atoms with van der Waals surface area (Å²) in [4.78, 5) is 12.1. The van der Waals surface area contributed by atoms with E-state index >= 15 is 0 Å². The minimum absolute atomic E-state index is 0.199. The Kier molecular flexibility index (Phi) is 4.29. The van der Waals surface area contributed by atoms with E-state index in [0.29, 0.717) is 6.42 Å². The molecule has 0 amide bonds. The number of ketones is 1. The smallest absolute Gasteiger partial charge is 0.162 e. The molecule has 0 heterocycles. The number of hydrogen-bond acceptors (Lipinski definition) is 1. The van der Waals surface area contributed by atoms with E-state index in [4.69, 9.17) is 0 Å². The first-order valence-corrected chi connectivity index (χ1v) is 8.20. The Balaban J connectivity index is 2.10. The van der Waals surface area contributed by atoms with Gasteiger partial charge in [0, 0.05) is 12.0 Å². The van der Waals surface area contributed by atoms with Crippen molar-refractivity contribution in [2.45, 2.75) is 33.6 Å². The molecule has 0 spiro atoms. The van der Waals surface area contributed by atoms with Crippen LogP contribution in [0, 0.1) is 13.8 Å². The van der Waals surface area contributed by atoms with Gasteiger partial charge in [-0.25, -0.2) is 0 Å². The molecular formula is C22H22O. The van der Waals surface area contributed by atoms with Gasteiger partial charge in [0.05, 0.1) is 0 Å². The number of allylic oxidation sites excluding steroid dienone is 3. The fourth-order valence-electron chi connectivity index (χ4n) is 3.06. The molecular weight excluding hydrogens is 280 g/mol. The first-order valence-electron chi connectivity index (χ1n) is 8.20. The lowest BCUT2D eigenvalue weighted by atomic mass is 9.96. The average Bonchev–Trinajstić information content (AvgIpc) is 2.75. The van der Waals surface area contributed by atoms with E-state index < -0.39 is 0 Å². The van der Waals surface area contributed by atoms with Crippen LogP contribution in [0.15, 0.2) is 48.6 Å².